The first kappa shape index (κ1) is 30.4. The molecule has 0 fully saturated rings. The molecule has 1 aliphatic carbocycles. The number of Topliss-reactive ketones (excluding diaryl/α,β-unsaturated/α-hetero) is 2. The number of aromatic carboxylic acids is 3. The van der Waals surface area contributed by atoms with Crippen LogP contribution in [-0.4, -0.2) is 54.8 Å². The third kappa shape index (κ3) is 5.26. The van der Waals surface area contributed by atoms with Crippen molar-refractivity contribution in [3.8, 4) is 11.3 Å². The molecule has 0 amide bonds. The van der Waals surface area contributed by atoms with Crippen molar-refractivity contribution in [1.82, 2.24) is 9.97 Å². The number of rotatable bonds is 3. The molecule has 0 atom stereocenters. The molecule has 0 spiro atoms. The Balaban J connectivity index is -0.000000211. The number of pyridine rings is 1. The maximum atomic E-state index is 12.1. The van der Waals surface area contributed by atoms with Gasteiger partial charge in [0.15, 0.2) is 0 Å². The molecule has 0 aliphatic heterocycles. The normalized spacial score (nSPS) is 10.7. The maximum absolute atomic E-state index is 12.1. The molecule has 10 nitrogen and oxygen atoms in total. The zero-order valence-electron chi connectivity index (χ0n) is 19.5. The van der Waals surface area contributed by atoms with E-state index >= 15 is 0 Å². The standard InChI is InChI=1S/C14H6N2O8.4Na.4H/c17-10-4-2-6(14(23)24)15-8(4)7-3(12(19)20)1-5(13(21)22)16-9(7)11(10)18;;;;;;;;/h1-2,15H,(H,19,20)(H,21,22)(H,23,24);;;;;;;;/q;4*+1;4*-1. The van der Waals surface area contributed by atoms with E-state index in [-0.39, 0.29) is 141 Å². The Labute approximate surface area is 251 Å². The van der Waals surface area contributed by atoms with Crippen LogP contribution < -0.4 is 118 Å². The number of aromatic nitrogens is 2. The van der Waals surface area contributed by atoms with Crippen molar-refractivity contribution in [3.05, 3.63) is 40.3 Å². The monoisotopic (exact) mass is 426 g/mol. The number of carboxylic acids is 3. The number of hydrogen-bond acceptors (Lipinski definition) is 6. The van der Waals surface area contributed by atoms with Gasteiger partial charge in [-0.1, -0.05) is 0 Å². The summed E-state index contributed by atoms with van der Waals surface area (Å²) in [6.07, 6.45) is 0. The molecule has 2 aromatic heterocycles. The van der Waals surface area contributed by atoms with Crippen LogP contribution in [0.15, 0.2) is 12.1 Å². The molecule has 28 heavy (non-hydrogen) atoms. The summed E-state index contributed by atoms with van der Waals surface area (Å²) in [5.41, 5.74) is -3.21. The number of hydrogen-bond donors (Lipinski definition) is 4. The van der Waals surface area contributed by atoms with Crippen LogP contribution in [-0.2, 0) is 0 Å². The molecule has 0 aromatic carbocycles. The van der Waals surface area contributed by atoms with Gasteiger partial charge in [-0.25, -0.2) is 19.4 Å². The molecule has 4 N–H and O–H groups in total. The predicted molar refractivity (Wildman–Crippen MR) is 78.0 cm³/mol. The first-order chi connectivity index (χ1) is 11.2. The van der Waals surface area contributed by atoms with Crippen LogP contribution >= 0.6 is 0 Å². The van der Waals surface area contributed by atoms with E-state index in [0.717, 1.165) is 12.1 Å². The fourth-order valence-electron chi connectivity index (χ4n) is 2.42. The van der Waals surface area contributed by atoms with Gasteiger partial charge in [0, 0.05) is 5.56 Å². The second-order valence-electron chi connectivity index (χ2n) is 4.82. The number of nitrogens with zero attached hydrogens (tertiary/aromatic N) is 1. The molecule has 0 bridgehead atoms. The van der Waals surface area contributed by atoms with Crippen molar-refractivity contribution in [2.75, 3.05) is 0 Å². The summed E-state index contributed by atoms with van der Waals surface area (Å²) < 4.78 is 0. The predicted octanol–water partition coefficient (Wildman–Crippen LogP) is -11.0. The Morgan fingerprint density at radius 1 is 0.857 bits per heavy atom. The average Bonchev–Trinajstić information content (AvgIpc) is 2.96. The van der Waals surface area contributed by atoms with Crippen LogP contribution in [0.3, 0.4) is 0 Å². The summed E-state index contributed by atoms with van der Waals surface area (Å²) in [5.74, 6) is -6.87. The number of carbonyl (C=O) groups excluding carboxylic acids is 2. The molecule has 0 radical (unpaired) electrons. The van der Waals surface area contributed by atoms with E-state index in [9.17, 15) is 29.1 Å². The zero-order valence-corrected chi connectivity index (χ0v) is 23.5. The molecule has 2 heterocycles. The van der Waals surface area contributed by atoms with Crippen LogP contribution in [0.2, 0.25) is 0 Å². The van der Waals surface area contributed by atoms with Gasteiger partial charge < -0.3 is 26.0 Å². The fourth-order valence-corrected chi connectivity index (χ4v) is 2.42. The molecular formula is C14H10N2Na4O8. The molecular weight excluding hydrogens is 416 g/mol. The van der Waals surface area contributed by atoms with Crippen molar-refractivity contribution >= 4 is 29.5 Å². The van der Waals surface area contributed by atoms with Gasteiger partial charge in [0.2, 0.25) is 5.78 Å². The zero-order chi connectivity index (χ0) is 17.8. The minimum atomic E-state index is -1.58. The number of H-pyrrole nitrogens is 1. The van der Waals surface area contributed by atoms with Crippen LogP contribution in [0, 0.1) is 0 Å². The average molecular weight is 426 g/mol. The van der Waals surface area contributed by atoms with E-state index in [4.69, 9.17) is 10.2 Å². The van der Waals surface area contributed by atoms with E-state index in [1.807, 2.05) is 0 Å². The summed E-state index contributed by atoms with van der Waals surface area (Å²) in [4.78, 5) is 63.7. The van der Waals surface area contributed by atoms with Crippen molar-refractivity contribution in [2.24, 2.45) is 0 Å². The number of aromatic amines is 1. The largest absolute Gasteiger partial charge is 1.00 e. The summed E-state index contributed by atoms with van der Waals surface area (Å²) in [7, 11) is 0. The van der Waals surface area contributed by atoms with Crippen molar-refractivity contribution < 1.29 is 163 Å². The summed E-state index contributed by atoms with van der Waals surface area (Å²) in [6.45, 7) is 0. The van der Waals surface area contributed by atoms with Gasteiger partial charge in [0.25, 0.3) is 5.78 Å². The quantitative estimate of drug-likeness (QED) is 0.274. The summed E-state index contributed by atoms with van der Waals surface area (Å²) in [6, 6.07) is 1.65. The third-order valence-electron chi connectivity index (χ3n) is 3.43. The minimum Gasteiger partial charge on any atom is -1.00 e. The minimum absolute atomic E-state index is 0. The first-order valence-electron chi connectivity index (χ1n) is 6.29. The number of ketones is 2. The van der Waals surface area contributed by atoms with Gasteiger partial charge in [-0.05, 0) is 12.1 Å². The van der Waals surface area contributed by atoms with Gasteiger partial charge in [-0.2, -0.15) is 0 Å². The molecule has 3 rings (SSSR count). The van der Waals surface area contributed by atoms with E-state index < -0.39 is 52.1 Å². The maximum Gasteiger partial charge on any atom is 1.00 e. The van der Waals surface area contributed by atoms with E-state index in [0.29, 0.717) is 0 Å². The molecule has 1 aliphatic rings. The Kier molecular flexibility index (Phi) is 12.5. The van der Waals surface area contributed by atoms with Crippen molar-refractivity contribution in [1.29, 1.82) is 0 Å². The first-order valence-corrected chi connectivity index (χ1v) is 6.29. The van der Waals surface area contributed by atoms with Crippen molar-refractivity contribution in [2.45, 2.75) is 0 Å². The number of fused-ring (bicyclic) bond motifs is 3. The van der Waals surface area contributed by atoms with Crippen LogP contribution in [0.4, 0.5) is 0 Å². The fraction of sp³-hybridized carbons (Fsp3) is 0. The third-order valence-corrected chi connectivity index (χ3v) is 3.43. The van der Waals surface area contributed by atoms with Gasteiger partial charge >= 0.3 is 136 Å². The SMILES string of the molecule is O=C(O)c1cc(C(=O)O)c2c(n1)C(=O)C(=O)c1cc(C(=O)O)[nH]c1-2.[H-].[H-].[H-].[H-].[Na+].[Na+].[Na+].[Na+]. The van der Waals surface area contributed by atoms with E-state index in [1.165, 1.54) is 0 Å². The second kappa shape index (κ2) is 11.5. The van der Waals surface area contributed by atoms with Crippen LogP contribution in [0.1, 0.15) is 57.9 Å². The topological polar surface area (TPSA) is 175 Å². The molecule has 0 saturated carbocycles. The van der Waals surface area contributed by atoms with Gasteiger partial charge in [-0.15, -0.1) is 0 Å². The second-order valence-corrected chi connectivity index (χ2v) is 4.82. The van der Waals surface area contributed by atoms with Gasteiger partial charge in [0.1, 0.15) is 17.1 Å². The van der Waals surface area contributed by atoms with Crippen LogP contribution in [0.25, 0.3) is 11.3 Å². The van der Waals surface area contributed by atoms with Crippen LogP contribution in [0.5, 0.6) is 0 Å². The molecule has 128 valence electrons. The molecule has 2 aromatic rings. The van der Waals surface area contributed by atoms with E-state index in [1.54, 1.807) is 0 Å². The molecule has 14 heteroatoms. The Hall–Kier alpha value is 0.180. The number of carbonyl (C=O) groups is 5. The summed E-state index contributed by atoms with van der Waals surface area (Å²) >= 11 is 0. The van der Waals surface area contributed by atoms with E-state index in [2.05, 4.69) is 9.97 Å². The Morgan fingerprint density at radius 2 is 1.43 bits per heavy atom. The number of carboxylic acid groups (broad SMARTS) is 3. The van der Waals surface area contributed by atoms with Crippen molar-refractivity contribution in [3.63, 3.8) is 0 Å². The summed E-state index contributed by atoms with van der Waals surface area (Å²) in [5, 5.41) is 27.3. The smallest absolute Gasteiger partial charge is 1.00 e. The van der Waals surface area contributed by atoms with Gasteiger partial charge in [0.05, 0.1) is 16.8 Å². The molecule has 0 saturated heterocycles. The number of nitrogens with one attached hydrogen (secondary N) is 1. The Bertz CT molecular complexity index is 1020. The molecule has 0 unspecified atom stereocenters. The Morgan fingerprint density at radius 3 is 1.89 bits per heavy atom. The van der Waals surface area contributed by atoms with Gasteiger partial charge in [-0.3, -0.25) is 9.59 Å².